The Morgan fingerprint density at radius 2 is 0.867 bits per heavy atom. The molecule has 8 N–H and O–H groups in total. The standard InChI is InChI=1S/C50H60ClN3O11.C50H60ClN3O9/c1-30(2)39(27-44(57)62-28-32-9-6-5-7-10-32)47(58)54-41(11-8-20-53-48(52)59)42(55)26-31-12-14-33(15-13-31)29-63-46-36(17-19-43(56)60-3)16-18-40(45(46)51)50(61-4)49(64-65-50)37-22-34-21-35(24-37)25-38(49)23-34;1-30(2)40(27-44(57)62-28-32-9-6-5-7-10-32)49(58)54-41(11-8-20-53-50(52)59)42(55)26-31-12-14-33(15-13-31)29-63-47-36(17-19-43(56)60-3)16-18-39(46(47)51)48(61-4)45-37-22-34-21-35(24-37)25-38(45)23-34/h5-7,9-10,12-19,30,34-35,37-39,41H,8,11,20-29H2,1-4H3,(H,54,58)(H3,52,53,59);5-7,9-10,12-19,30,34-35,37-38,40-41H,8,11,20-29H2,1-4H3,(H,54,58)(H3,52,53,59)/b19-17+;19-17+,48-45?. The van der Waals surface area contributed by atoms with Gasteiger partial charge in [-0.25, -0.2) is 24.1 Å². The molecule has 8 bridgehead atoms. The van der Waals surface area contributed by atoms with E-state index in [0.29, 0.717) is 75.3 Å². The van der Waals surface area contributed by atoms with E-state index in [1.165, 1.54) is 70.5 Å². The highest BCUT2D eigenvalue weighted by Crippen LogP contribution is 2.70. The zero-order chi connectivity index (χ0) is 91.3. The number of carbonyl (C=O) groups is 10. The molecular weight excluding hydrogens is 1680 g/mol. The number of urea groups is 2. The molecule has 0 aromatic heterocycles. The average Bonchev–Trinajstić information content (AvgIpc) is 0.666. The van der Waals surface area contributed by atoms with Crippen molar-refractivity contribution in [2.75, 3.05) is 41.5 Å². The molecule has 1 spiro atoms. The normalized spacial score (nSPS) is 22.3. The van der Waals surface area contributed by atoms with E-state index in [1.54, 1.807) is 26.4 Å². The van der Waals surface area contributed by atoms with Gasteiger partial charge in [0.15, 0.2) is 17.2 Å². The minimum absolute atomic E-state index is 0.00351. The van der Waals surface area contributed by atoms with Crippen LogP contribution in [-0.2, 0) is 122 Å². The Morgan fingerprint density at radius 1 is 0.469 bits per heavy atom. The highest BCUT2D eigenvalue weighted by Gasteiger charge is 2.77. The Hall–Kier alpha value is -10.9. The summed E-state index contributed by atoms with van der Waals surface area (Å²) in [6, 6.07) is 37.6. The van der Waals surface area contributed by atoms with Gasteiger partial charge in [0.1, 0.15) is 43.7 Å². The maximum Gasteiger partial charge on any atom is 0.330 e. The highest BCUT2D eigenvalue weighted by atomic mass is 35.5. The molecule has 6 aromatic carbocycles. The second-order valence-corrected chi connectivity index (χ2v) is 36.4. The molecule has 1 saturated heterocycles. The Kier molecular flexibility index (Phi) is 33.7. The van der Waals surface area contributed by atoms with Crippen molar-refractivity contribution < 1.29 is 95.6 Å². The molecule has 6 aromatic rings. The molecule has 6 amide bonds. The number of nitrogens with two attached hydrogens (primary N) is 2. The summed E-state index contributed by atoms with van der Waals surface area (Å²) in [5.74, 6) is -0.572. The quantitative estimate of drug-likeness (QED) is 0.00518. The second-order valence-electron chi connectivity index (χ2n) is 35.7. The van der Waals surface area contributed by atoms with Gasteiger partial charge in [-0.05, 0) is 206 Å². The summed E-state index contributed by atoms with van der Waals surface area (Å²) in [4.78, 5) is 140. The molecule has 26 nitrogen and oxygen atoms in total. The van der Waals surface area contributed by atoms with Gasteiger partial charge in [0.2, 0.25) is 11.8 Å². The molecule has 8 saturated carbocycles. The van der Waals surface area contributed by atoms with Gasteiger partial charge in [0.25, 0.3) is 5.79 Å². The van der Waals surface area contributed by atoms with Crippen molar-refractivity contribution in [2.24, 2.45) is 82.5 Å². The monoisotopic (exact) mass is 1790 g/mol. The minimum atomic E-state index is -1.25. The van der Waals surface area contributed by atoms with Crippen molar-refractivity contribution in [3.8, 4) is 11.5 Å². The number of hydrogen-bond donors (Lipinski definition) is 6. The fourth-order valence-electron chi connectivity index (χ4n) is 20.3. The van der Waals surface area contributed by atoms with Crippen LogP contribution in [0.3, 0.4) is 0 Å². The smallest absolute Gasteiger partial charge is 0.330 e. The number of ketones is 2. The number of allylic oxidation sites excluding steroid dienone is 1. The molecule has 5 atom stereocenters. The Labute approximate surface area is 758 Å². The van der Waals surface area contributed by atoms with Crippen molar-refractivity contribution in [2.45, 2.75) is 193 Å². The lowest BCUT2D eigenvalue weighted by Crippen LogP contribution is -2.76. The molecule has 8 aliphatic carbocycles. The van der Waals surface area contributed by atoms with Crippen molar-refractivity contribution in [3.63, 3.8) is 0 Å². The average molecular weight is 1800 g/mol. The van der Waals surface area contributed by atoms with E-state index in [4.69, 9.17) is 82.3 Å². The molecule has 1 aliphatic heterocycles. The summed E-state index contributed by atoms with van der Waals surface area (Å²) in [6.45, 7) is 8.21. The summed E-state index contributed by atoms with van der Waals surface area (Å²) in [6.07, 6.45) is 18.4. The molecule has 128 heavy (non-hydrogen) atoms. The Bertz CT molecular complexity index is 4960. The van der Waals surface area contributed by atoms with E-state index in [2.05, 4.69) is 21.3 Å². The lowest BCUT2D eigenvalue weighted by Gasteiger charge is -2.68. The van der Waals surface area contributed by atoms with Crippen LogP contribution >= 0.6 is 23.2 Å². The number of benzene rings is 6. The molecule has 9 fully saturated rings. The van der Waals surface area contributed by atoms with Crippen LogP contribution in [0, 0.1) is 71.0 Å². The highest BCUT2D eigenvalue weighted by molar-refractivity contribution is 6.34. The van der Waals surface area contributed by atoms with Crippen molar-refractivity contribution in [3.05, 3.63) is 217 Å². The fraction of sp³-hybridized carbons (Fsp3) is 0.480. The predicted octanol–water partition coefficient (Wildman–Crippen LogP) is 15.9. The van der Waals surface area contributed by atoms with Gasteiger partial charge in [-0.15, -0.1) is 0 Å². The summed E-state index contributed by atoms with van der Waals surface area (Å²) in [7, 11) is 5.94. The fourth-order valence-corrected chi connectivity index (χ4v) is 20.9. The zero-order valence-corrected chi connectivity index (χ0v) is 75.7. The molecule has 28 heteroatoms. The van der Waals surface area contributed by atoms with Crippen LogP contribution in [0.4, 0.5) is 9.59 Å². The number of ether oxygens (including phenoxy) is 8. The van der Waals surface area contributed by atoms with Crippen molar-refractivity contribution in [1.82, 2.24) is 21.3 Å². The number of amides is 6. The van der Waals surface area contributed by atoms with E-state index < -0.39 is 83.1 Å². The molecule has 684 valence electrons. The third-order valence-electron chi connectivity index (χ3n) is 26.4. The molecule has 9 aliphatic rings. The van der Waals surface area contributed by atoms with Gasteiger partial charge in [-0.1, -0.05) is 178 Å². The maximum absolute atomic E-state index is 13.9. The largest absolute Gasteiger partial charge is 0.496 e. The number of nitrogens with one attached hydrogen (secondary N) is 4. The van der Waals surface area contributed by atoms with Crippen LogP contribution < -0.4 is 42.2 Å². The first-order valence-corrected chi connectivity index (χ1v) is 45.3. The van der Waals surface area contributed by atoms with E-state index in [-0.39, 0.29) is 118 Å². The number of esters is 4. The minimum Gasteiger partial charge on any atom is -0.496 e. The summed E-state index contributed by atoms with van der Waals surface area (Å²) >= 11 is 14.5. The predicted molar refractivity (Wildman–Crippen MR) is 481 cm³/mol. The van der Waals surface area contributed by atoms with E-state index >= 15 is 0 Å². The molecule has 1 heterocycles. The topological polar surface area (TPSA) is 363 Å². The summed E-state index contributed by atoms with van der Waals surface area (Å²) in [5, 5.41) is 11.5. The summed E-state index contributed by atoms with van der Waals surface area (Å²) in [5.41, 5.74) is 18.3. The Morgan fingerprint density at radius 3 is 1.25 bits per heavy atom. The number of primary amides is 2. The molecule has 0 radical (unpaired) electrons. The van der Waals surface area contributed by atoms with Crippen LogP contribution in [0.2, 0.25) is 10.0 Å². The number of Topliss-reactive ketones (excluding diaryl/α,β-unsaturated/α-hetero) is 2. The maximum atomic E-state index is 13.9. The number of hydrogen-bond acceptors (Lipinski definition) is 20. The third kappa shape index (κ3) is 24.0. The molecule has 15 rings (SSSR count). The van der Waals surface area contributed by atoms with Gasteiger partial charge in [0, 0.05) is 67.4 Å². The summed E-state index contributed by atoms with van der Waals surface area (Å²) < 4.78 is 46.0. The first-order chi connectivity index (χ1) is 61.6. The van der Waals surface area contributed by atoms with Gasteiger partial charge in [0.05, 0.1) is 68.1 Å². The lowest BCUT2D eigenvalue weighted by molar-refractivity contribution is -0.645. The first-order valence-electron chi connectivity index (χ1n) is 44.5. The van der Waals surface area contributed by atoms with Crippen LogP contribution in [-0.4, -0.2) is 119 Å². The van der Waals surface area contributed by atoms with Crippen LogP contribution in [0.5, 0.6) is 11.5 Å². The van der Waals surface area contributed by atoms with E-state index in [0.717, 1.165) is 76.7 Å². The van der Waals surface area contributed by atoms with E-state index in [1.807, 2.05) is 161 Å². The number of methoxy groups -OCH3 is 4. The zero-order valence-electron chi connectivity index (χ0n) is 74.1. The van der Waals surface area contributed by atoms with Gasteiger partial charge in [-0.3, -0.25) is 28.8 Å². The third-order valence-corrected chi connectivity index (χ3v) is 27.2. The SMILES string of the molecule is COC(=O)/C=C/c1ccc(C(OC)=C2C3CC4CC(C3)CC2C4)c(Cl)c1OCc1ccc(CC(=O)C(CCCNC(N)=O)NC(=O)C(CC(=O)OCc2ccccc2)C(C)C)cc1.COC(=O)/C=C/c1ccc(C2(OC)OOC23C2CC4CC(C2)CC3C4)c(Cl)c1OCc1ccc(CC(=O)C(CCCNC(N)=O)NC(=O)C(CC(=O)OCc2ccccc2)C(C)C)cc1. The van der Waals surface area contributed by atoms with Gasteiger partial charge in [-0.2, -0.15) is 4.89 Å². The first kappa shape index (κ1) is 96.2. The number of rotatable bonds is 42. The number of halogens is 2. The van der Waals surface area contributed by atoms with Crippen molar-refractivity contribution >= 4 is 100 Å². The number of carbonyl (C=O) groups excluding carboxylic acids is 10. The van der Waals surface area contributed by atoms with E-state index in [9.17, 15) is 47.9 Å². The molecule has 5 unspecified atom stereocenters. The van der Waals surface area contributed by atoms with Crippen molar-refractivity contribution in [1.29, 1.82) is 0 Å². The Balaban J connectivity index is 0.000000232. The van der Waals surface area contributed by atoms with Gasteiger partial charge >= 0.3 is 35.9 Å². The van der Waals surface area contributed by atoms with Gasteiger partial charge < -0.3 is 70.6 Å². The van der Waals surface area contributed by atoms with Crippen LogP contribution in [0.25, 0.3) is 17.9 Å². The molecular formula is C100H120Cl2N6O20. The van der Waals surface area contributed by atoms with Crippen LogP contribution in [0.1, 0.15) is 186 Å². The van der Waals surface area contributed by atoms with Crippen LogP contribution in [0.15, 0.2) is 151 Å². The second kappa shape index (κ2) is 44.9. The lowest BCUT2D eigenvalue weighted by atomic mass is 9.47.